The summed E-state index contributed by atoms with van der Waals surface area (Å²) in [6.45, 7) is 4.00. The summed E-state index contributed by atoms with van der Waals surface area (Å²) in [4.78, 5) is 12.2. The fourth-order valence-corrected chi connectivity index (χ4v) is 2.56. The molecule has 0 aliphatic rings. The second kappa shape index (κ2) is 6.09. The van der Waals surface area contributed by atoms with E-state index in [1.807, 2.05) is 32.0 Å². The van der Waals surface area contributed by atoms with E-state index in [9.17, 15) is 4.79 Å². The van der Waals surface area contributed by atoms with Crippen LogP contribution >= 0.6 is 15.9 Å². The van der Waals surface area contributed by atoms with E-state index in [4.69, 9.17) is 5.73 Å². The predicted molar refractivity (Wildman–Crippen MR) is 85.6 cm³/mol. The highest BCUT2D eigenvalue weighted by Gasteiger charge is 2.12. The first-order valence-electron chi connectivity index (χ1n) is 6.39. The molecule has 0 aliphatic heterocycles. The van der Waals surface area contributed by atoms with Crippen molar-refractivity contribution >= 4 is 27.5 Å². The number of rotatable bonds is 3. The van der Waals surface area contributed by atoms with Gasteiger partial charge in [-0.1, -0.05) is 45.8 Å². The average Bonchev–Trinajstić information content (AvgIpc) is 2.37. The first kappa shape index (κ1) is 14.6. The number of amides is 1. The molecule has 3 N–H and O–H groups in total. The van der Waals surface area contributed by atoms with Gasteiger partial charge in [0, 0.05) is 15.7 Å². The van der Waals surface area contributed by atoms with Crippen LogP contribution in [-0.2, 0) is 0 Å². The van der Waals surface area contributed by atoms with Crippen LogP contribution in [0.3, 0.4) is 0 Å². The molecule has 0 radical (unpaired) electrons. The third-order valence-corrected chi connectivity index (χ3v) is 3.53. The molecule has 0 spiro atoms. The van der Waals surface area contributed by atoms with Crippen LogP contribution in [-0.4, -0.2) is 5.91 Å². The minimum absolute atomic E-state index is 0.0531. The van der Waals surface area contributed by atoms with Gasteiger partial charge in [0.2, 0.25) is 0 Å². The highest BCUT2D eigenvalue weighted by molar-refractivity contribution is 9.10. The van der Waals surface area contributed by atoms with Gasteiger partial charge in [0.15, 0.2) is 0 Å². The number of nitrogens with two attached hydrogens (primary N) is 1. The lowest BCUT2D eigenvalue weighted by Crippen LogP contribution is -2.26. The van der Waals surface area contributed by atoms with Crippen molar-refractivity contribution in [2.75, 3.05) is 5.73 Å². The van der Waals surface area contributed by atoms with Gasteiger partial charge in [-0.25, -0.2) is 0 Å². The molecule has 0 unspecified atom stereocenters. The topological polar surface area (TPSA) is 55.1 Å². The fraction of sp³-hybridized carbons (Fsp3) is 0.188. The van der Waals surface area contributed by atoms with Gasteiger partial charge in [0.05, 0.1) is 6.04 Å². The Morgan fingerprint density at radius 1 is 1.25 bits per heavy atom. The lowest BCUT2D eigenvalue weighted by molar-refractivity contribution is 0.0940. The Kier molecular flexibility index (Phi) is 4.45. The molecule has 20 heavy (non-hydrogen) atoms. The standard InChI is InChI=1S/C16H17BrN2O/c1-10-4-3-5-12(6-10)11(2)19-16(20)13-7-14(17)9-15(18)8-13/h3-9,11H,18H2,1-2H3,(H,19,20)/t11-/m0/s1. The van der Waals surface area contributed by atoms with Crippen LogP contribution in [0.2, 0.25) is 0 Å². The molecular weight excluding hydrogens is 316 g/mol. The summed E-state index contributed by atoms with van der Waals surface area (Å²) in [5, 5.41) is 2.98. The molecule has 104 valence electrons. The van der Waals surface area contributed by atoms with E-state index < -0.39 is 0 Å². The van der Waals surface area contributed by atoms with Crippen molar-refractivity contribution in [1.29, 1.82) is 0 Å². The monoisotopic (exact) mass is 332 g/mol. The number of carbonyl (C=O) groups excluding carboxylic acids is 1. The lowest BCUT2D eigenvalue weighted by atomic mass is 10.1. The Morgan fingerprint density at radius 2 is 2.00 bits per heavy atom. The van der Waals surface area contributed by atoms with Crippen LogP contribution in [0.4, 0.5) is 5.69 Å². The lowest BCUT2D eigenvalue weighted by Gasteiger charge is -2.15. The van der Waals surface area contributed by atoms with Crippen molar-refractivity contribution in [1.82, 2.24) is 5.32 Å². The first-order valence-corrected chi connectivity index (χ1v) is 7.18. The molecule has 0 bridgehead atoms. The van der Waals surface area contributed by atoms with E-state index in [-0.39, 0.29) is 11.9 Å². The maximum Gasteiger partial charge on any atom is 0.251 e. The summed E-state index contributed by atoms with van der Waals surface area (Å²) < 4.78 is 0.797. The van der Waals surface area contributed by atoms with Gasteiger partial charge in [0.25, 0.3) is 5.91 Å². The van der Waals surface area contributed by atoms with Crippen LogP contribution < -0.4 is 11.1 Å². The predicted octanol–water partition coefficient (Wildman–Crippen LogP) is 3.83. The number of hydrogen-bond acceptors (Lipinski definition) is 2. The van der Waals surface area contributed by atoms with Crippen molar-refractivity contribution in [2.45, 2.75) is 19.9 Å². The van der Waals surface area contributed by atoms with Gasteiger partial charge in [-0.2, -0.15) is 0 Å². The average molecular weight is 333 g/mol. The number of benzene rings is 2. The second-order valence-corrected chi connectivity index (χ2v) is 5.80. The van der Waals surface area contributed by atoms with Crippen LogP contribution in [0, 0.1) is 6.92 Å². The summed E-state index contributed by atoms with van der Waals surface area (Å²) >= 11 is 3.34. The Labute approximate surface area is 127 Å². The fourth-order valence-electron chi connectivity index (χ4n) is 2.05. The number of nitrogens with one attached hydrogen (secondary N) is 1. The Bertz CT molecular complexity index is 620. The normalized spacial score (nSPS) is 11.9. The molecule has 1 atom stereocenters. The van der Waals surface area contributed by atoms with E-state index in [0.717, 1.165) is 10.0 Å². The van der Waals surface area contributed by atoms with Gasteiger partial charge in [-0.05, 0) is 37.6 Å². The molecule has 0 saturated heterocycles. The third kappa shape index (κ3) is 3.61. The number of carbonyl (C=O) groups is 1. The first-order chi connectivity index (χ1) is 9.45. The molecule has 0 saturated carbocycles. The smallest absolute Gasteiger partial charge is 0.251 e. The van der Waals surface area contributed by atoms with Gasteiger partial charge in [-0.15, -0.1) is 0 Å². The minimum atomic E-state index is -0.132. The molecule has 4 heteroatoms. The third-order valence-electron chi connectivity index (χ3n) is 3.07. The Hall–Kier alpha value is -1.81. The van der Waals surface area contributed by atoms with E-state index in [2.05, 4.69) is 27.3 Å². The summed E-state index contributed by atoms with van der Waals surface area (Å²) in [6.07, 6.45) is 0. The SMILES string of the molecule is Cc1cccc([C@H](C)NC(=O)c2cc(N)cc(Br)c2)c1. The highest BCUT2D eigenvalue weighted by Crippen LogP contribution is 2.19. The van der Waals surface area contributed by atoms with Gasteiger partial charge in [0.1, 0.15) is 0 Å². The molecule has 0 fully saturated rings. The quantitative estimate of drug-likeness (QED) is 0.839. The second-order valence-electron chi connectivity index (χ2n) is 4.88. The molecule has 2 aromatic carbocycles. The molecule has 0 heterocycles. The highest BCUT2D eigenvalue weighted by atomic mass is 79.9. The molecule has 2 rings (SSSR count). The van der Waals surface area contributed by atoms with Crippen molar-refractivity contribution in [3.63, 3.8) is 0 Å². The summed E-state index contributed by atoms with van der Waals surface area (Å²) in [6, 6.07) is 13.2. The number of anilines is 1. The molecular formula is C16H17BrN2O. The number of halogens is 1. The zero-order valence-corrected chi connectivity index (χ0v) is 13.1. The summed E-state index contributed by atoms with van der Waals surface area (Å²) in [7, 11) is 0. The van der Waals surface area contributed by atoms with Crippen LogP contribution in [0.15, 0.2) is 46.9 Å². The largest absolute Gasteiger partial charge is 0.399 e. The Morgan fingerprint density at radius 3 is 2.65 bits per heavy atom. The van der Waals surface area contributed by atoms with E-state index in [1.165, 1.54) is 5.56 Å². The van der Waals surface area contributed by atoms with E-state index in [0.29, 0.717) is 11.3 Å². The van der Waals surface area contributed by atoms with Gasteiger partial charge in [-0.3, -0.25) is 4.79 Å². The summed E-state index contributed by atoms with van der Waals surface area (Å²) in [5.74, 6) is -0.132. The molecule has 2 aromatic rings. The zero-order chi connectivity index (χ0) is 14.7. The maximum absolute atomic E-state index is 12.2. The van der Waals surface area contributed by atoms with Crippen molar-refractivity contribution in [2.24, 2.45) is 0 Å². The van der Waals surface area contributed by atoms with Crippen LogP contribution in [0.25, 0.3) is 0 Å². The molecule has 1 amide bonds. The number of nitrogen functional groups attached to an aromatic ring is 1. The minimum Gasteiger partial charge on any atom is -0.399 e. The Balaban J connectivity index is 2.15. The maximum atomic E-state index is 12.2. The van der Waals surface area contributed by atoms with E-state index in [1.54, 1.807) is 18.2 Å². The van der Waals surface area contributed by atoms with Crippen molar-refractivity contribution in [3.05, 3.63) is 63.6 Å². The van der Waals surface area contributed by atoms with Crippen LogP contribution in [0.5, 0.6) is 0 Å². The van der Waals surface area contributed by atoms with Crippen LogP contribution in [0.1, 0.15) is 34.5 Å². The van der Waals surface area contributed by atoms with E-state index >= 15 is 0 Å². The number of hydrogen-bond donors (Lipinski definition) is 2. The van der Waals surface area contributed by atoms with Gasteiger partial charge < -0.3 is 11.1 Å². The molecule has 0 aromatic heterocycles. The van der Waals surface area contributed by atoms with Crippen molar-refractivity contribution in [3.8, 4) is 0 Å². The zero-order valence-electron chi connectivity index (χ0n) is 11.5. The van der Waals surface area contributed by atoms with Crippen molar-refractivity contribution < 1.29 is 4.79 Å². The van der Waals surface area contributed by atoms with Gasteiger partial charge >= 0.3 is 0 Å². The number of aryl methyl sites for hydroxylation is 1. The summed E-state index contributed by atoms with van der Waals surface area (Å²) in [5.41, 5.74) is 9.12. The molecule has 3 nitrogen and oxygen atoms in total. The molecule has 0 aliphatic carbocycles.